The van der Waals surface area contributed by atoms with Crippen LogP contribution in [0.15, 0.2) is 36.5 Å². The van der Waals surface area contributed by atoms with Gasteiger partial charge in [-0.1, -0.05) is 0 Å². The number of benzene rings is 1. The van der Waals surface area contributed by atoms with Gasteiger partial charge in [0.25, 0.3) is 5.69 Å². The second-order valence-electron chi connectivity index (χ2n) is 3.11. The van der Waals surface area contributed by atoms with Crippen molar-refractivity contribution in [1.29, 1.82) is 0 Å². The van der Waals surface area contributed by atoms with Crippen molar-refractivity contribution in [2.24, 2.45) is 0 Å². The zero-order valence-electron chi connectivity index (χ0n) is 8.20. The van der Waals surface area contributed by atoms with Crippen molar-refractivity contribution < 1.29 is 4.92 Å². The number of anilines is 1. The van der Waals surface area contributed by atoms with Crippen LogP contribution in [-0.2, 0) is 0 Å². The number of hydrogen-bond acceptors (Lipinski definition) is 5. The topological polar surface area (TPSA) is 94.9 Å². The van der Waals surface area contributed by atoms with Crippen molar-refractivity contribution in [3.05, 3.63) is 46.6 Å². The Morgan fingerprint density at radius 2 is 1.88 bits per heavy atom. The van der Waals surface area contributed by atoms with Gasteiger partial charge < -0.3 is 5.73 Å². The molecule has 0 atom stereocenters. The minimum absolute atomic E-state index is 0.0349. The normalized spacial score (nSPS) is 10.0. The number of rotatable bonds is 2. The first-order valence-corrected chi connectivity index (χ1v) is 4.50. The minimum Gasteiger partial charge on any atom is -0.384 e. The van der Waals surface area contributed by atoms with Gasteiger partial charge in [0.2, 0.25) is 0 Å². The molecule has 0 saturated carbocycles. The molecular weight excluding hydrogens is 208 g/mol. The predicted octanol–water partition coefficient (Wildman–Crippen LogP) is 1.63. The van der Waals surface area contributed by atoms with E-state index in [0.717, 1.165) is 0 Å². The molecule has 0 saturated heterocycles. The van der Waals surface area contributed by atoms with Gasteiger partial charge in [0.05, 0.1) is 4.92 Å². The van der Waals surface area contributed by atoms with E-state index in [1.807, 2.05) is 0 Å². The molecule has 0 aliphatic carbocycles. The molecule has 2 N–H and O–H groups in total. The van der Waals surface area contributed by atoms with Gasteiger partial charge >= 0.3 is 0 Å². The molecule has 6 heteroatoms. The van der Waals surface area contributed by atoms with Crippen molar-refractivity contribution >= 4 is 11.5 Å². The van der Waals surface area contributed by atoms with E-state index in [9.17, 15) is 10.1 Å². The van der Waals surface area contributed by atoms with E-state index in [0.29, 0.717) is 17.2 Å². The van der Waals surface area contributed by atoms with Gasteiger partial charge in [0.15, 0.2) is 5.82 Å². The highest BCUT2D eigenvalue weighted by Crippen LogP contribution is 2.19. The van der Waals surface area contributed by atoms with Crippen LogP contribution in [-0.4, -0.2) is 14.9 Å². The lowest BCUT2D eigenvalue weighted by atomic mass is 10.2. The Balaban J connectivity index is 2.38. The zero-order valence-corrected chi connectivity index (χ0v) is 8.20. The molecule has 1 heterocycles. The largest absolute Gasteiger partial charge is 0.384 e. The maximum atomic E-state index is 10.5. The number of non-ortho nitro benzene ring substituents is 1. The molecule has 0 aliphatic rings. The summed E-state index contributed by atoms with van der Waals surface area (Å²) < 4.78 is 0. The van der Waals surface area contributed by atoms with Crippen molar-refractivity contribution in [1.82, 2.24) is 9.97 Å². The van der Waals surface area contributed by atoms with E-state index in [-0.39, 0.29) is 5.69 Å². The van der Waals surface area contributed by atoms with Crippen molar-refractivity contribution in [2.75, 3.05) is 5.73 Å². The highest BCUT2D eigenvalue weighted by molar-refractivity contribution is 5.58. The minimum atomic E-state index is -0.454. The average molecular weight is 216 g/mol. The Kier molecular flexibility index (Phi) is 2.47. The van der Waals surface area contributed by atoms with Gasteiger partial charge in [0, 0.05) is 23.9 Å². The third-order valence-electron chi connectivity index (χ3n) is 2.01. The standard InChI is InChI=1S/C10H8N4O2/c11-9-5-6-12-10(13-9)7-1-3-8(4-2-7)14(15)16/h1-6H,(H2,11,12,13). The lowest BCUT2D eigenvalue weighted by molar-refractivity contribution is -0.384. The molecular formula is C10H8N4O2. The number of aromatic nitrogens is 2. The fourth-order valence-corrected chi connectivity index (χ4v) is 1.24. The Hall–Kier alpha value is -2.50. The smallest absolute Gasteiger partial charge is 0.269 e. The van der Waals surface area contributed by atoms with E-state index in [2.05, 4.69) is 9.97 Å². The molecule has 0 unspecified atom stereocenters. The zero-order chi connectivity index (χ0) is 11.5. The molecule has 2 aromatic rings. The Morgan fingerprint density at radius 1 is 1.19 bits per heavy atom. The SMILES string of the molecule is Nc1ccnc(-c2ccc([N+](=O)[O-])cc2)n1. The summed E-state index contributed by atoms with van der Waals surface area (Å²) in [5.41, 5.74) is 6.24. The number of nitrogens with two attached hydrogens (primary N) is 1. The summed E-state index contributed by atoms with van der Waals surface area (Å²) in [6.45, 7) is 0. The highest BCUT2D eigenvalue weighted by Gasteiger charge is 2.06. The van der Waals surface area contributed by atoms with Gasteiger partial charge in [-0.15, -0.1) is 0 Å². The quantitative estimate of drug-likeness (QED) is 0.608. The summed E-state index contributed by atoms with van der Waals surface area (Å²) in [7, 11) is 0. The number of hydrogen-bond donors (Lipinski definition) is 1. The summed E-state index contributed by atoms with van der Waals surface area (Å²) in [5, 5.41) is 10.5. The first-order chi connectivity index (χ1) is 7.66. The van der Waals surface area contributed by atoms with E-state index < -0.39 is 4.92 Å². The lowest BCUT2D eigenvalue weighted by Gasteiger charge is -1.99. The number of nitro benzene ring substituents is 1. The maximum Gasteiger partial charge on any atom is 0.269 e. The molecule has 2 rings (SSSR count). The van der Waals surface area contributed by atoms with Crippen LogP contribution in [0.1, 0.15) is 0 Å². The van der Waals surface area contributed by atoms with Crippen LogP contribution in [0.3, 0.4) is 0 Å². The van der Waals surface area contributed by atoms with Gasteiger partial charge in [-0.3, -0.25) is 10.1 Å². The Labute approximate surface area is 90.9 Å². The number of nitrogen functional groups attached to an aromatic ring is 1. The van der Waals surface area contributed by atoms with Crippen molar-refractivity contribution in [3.63, 3.8) is 0 Å². The van der Waals surface area contributed by atoms with Crippen LogP contribution in [0, 0.1) is 10.1 Å². The average Bonchev–Trinajstić information content (AvgIpc) is 2.29. The monoisotopic (exact) mass is 216 g/mol. The third-order valence-corrected chi connectivity index (χ3v) is 2.01. The third kappa shape index (κ3) is 1.95. The summed E-state index contributed by atoms with van der Waals surface area (Å²) >= 11 is 0. The summed E-state index contributed by atoms with van der Waals surface area (Å²) in [5.74, 6) is 0.818. The van der Waals surface area contributed by atoms with Crippen LogP contribution < -0.4 is 5.73 Å². The molecule has 1 aromatic heterocycles. The molecule has 6 nitrogen and oxygen atoms in total. The van der Waals surface area contributed by atoms with Crippen molar-refractivity contribution in [2.45, 2.75) is 0 Å². The predicted molar refractivity (Wildman–Crippen MR) is 58.5 cm³/mol. The van der Waals surface area contributed by atoms with Gasteiger partial charge in [0.1, 0.15) is 5.82 Å². The van der Waals surface area contributed by atoms with Crippen molar-refractivity contribution in [3.8, 4) is 11.4 Å². The molecule has 0 spiro atoms. The first-order valence-electron chi connectivity index (χ1n) is 4.50. The van der Waals surface area contributed by atoms with Gasteiger partial charge in [-0.05, 0) is 18.2 Å². The fraction of sp³-hybridized carbons (Fsp3) is 0. The van der Waals surface area contributed by atoms with E-state index in [1.54, 1.807) is 24.4 Å². The lowest BCUT2D eigenvalue weighted by Crippen LogP contribution is -1.94. The highest BCUT2D eigenvalue weighted by atomic mass is 16.6. The molecule has 1 aromatic carbocycles. The van der Waals surface area contributed by atoms with Gasteiger partial charge in [-0.25, -0.2) is 9.97 Å². The molecule has 0 fully saturated rings. The van der Waals surface area contributed by atoms with Crippen LogP contribution in [0.25, 0.3) is 11.4 Å². The summed E-state index contributed by atoms with van der Waals surface area (Å²) in [4.78, 5) is 18.0. The van der Waals surface area contributed by atoms with E-state index in [1.165, 1.54) is 12.1 Å². The Morgan fingerprint density at radius 3 is 2.44 bits per heavy atom. The maximum absolute atomic E-state index is 10.5. The van der Waals surface area contributed by atoms with Gasteiger partial charge in [-0.2, -0.15) is 0 Å². The second kappa shape index (κ2) is 3.93. The molecule has 80 valence electrons. The van der Waals surface area contributed by atoms with Crippen LogP contribution in [0.5, 0.6) is 0 Å². The molecule has 0 aliphatic heterocycles. The van der Waals surface area contributed by atoms with E-state index in [4.69, 9.17) is 5.73 Å². The summed E-state index contributed by atoms with van der Waals surface area (Å²) in [6, 6.07) is 7.57. The van der Waals surface area contributed by atoms with Crippen LogP contribution in [0.4, 0.5) is 11.5 Å². The number of nitrogens with zero attached hydrogens (tertiary/aromatic N) is 3. The Bertz CT molecular complexity index is 525. The number of nitro groups is 1. The molecule has 0 amide bonds. The molecule has 0 bridgehead atoms. The summed E-state index contributed by atoms with van der Waals surface area (Å²) in [6.07, 6.45) is 1.54. The van der Waals surface area contributed by atoms with E-state index >= 15 is 0 Å². The molecule has 16 heavy (non-hydrogen) atoms. The van der Waals surface area contributed by atoms with Crippen LogP contribution in [0.2, 0.25) is 0 Å². The fourth-order valence-electron chi connectivity index (χ4n) is 1.24. The molecule has 0 radical (unpaired) electrons. The van der Waals surface area contributed by atoms with Crippen LogP contribution >= 0.6 is 0 Å². The first kappa shape index (κ1) is 10.0. The second-order valence-corrected chi connectivity index (χ2v) is 3.11.